The largest absolute Gasteiger partial charge is 0.339 e. The van der Waals surface area contributed by atoms with Crippen LogP contribution in [0.1, 0.15) is 38.5 Å². The Bertz CT molecular complexity index is 1210. The van der Waals surface area contributed by atoms with Crippen LogP contribution < -0.4 is 0 Å². The minimum absolute atomic E-state index is 1.10. The second kappa shape index (κ2) is 9.49. The van der Waals surface area contributed by atoms with Crippen LogP contribution >= 0.6 is 34.0 Å². The summed E-state index contributed by atoms with van der Waals surface area (Å²) in [7, 11) is 0. The summed E-state index contributed by atoms with van der Waals surface area (Å²) in [5.74, 6) is 0. The zero-order valence-electron chi connectivity index (χ0n) is 18.7. The molecule has 0 atom stereocenters. The summed E-state index contributed by atoms with van der Waals surface area (Å²) in [5, 5.41) is 4.37. The van der Waals surface area contributed by atoms with Crippen LogP contribution in [0.2, 0.25) is 0 Å². The minimum atomic E-state index is 1.10. The van der Waals surface area contributed by atoms with E-state index in [1.165, 1.54) is 80.8 Å². The van der Waals surface area contributed by atoms with E-state index < -0.39 is 0 Å². The Morgan fingerprint density at radius 2 is 0.879 bits per heavy atom. The van der Waals surface area contributed by atoms with Gasteiger partial charge < -0.3 is 9.13 Å². The fourth-order valence-corrected chi connectivity index (χ4v) is 7.58. The Hall–Kier alpha value is -2.34. The van der Waals surface area contributed by atoms with Crippen molar-refractivity contribution in [1.82, 2.24) is 9.13 Å². The normalized spacial score (nSPS) is 14.9. The lowest BCUT2D eigenvalue weighted by molar-refractivity contribution is 0.537. The zero-order chi connectivity index (χ0) is 22.0. The first-order valence-electron chi connectivity index (χ1n) is 12.0. The van der Waals surface area contributed by atoms with Crippen molar-refractivity contribution in [2.45, 2.75) is 51.6 Å². The molecular weight excluding hydrogens is 461 g/mol. The first-order chi connectivity index (χ1) is 16.4. The fourth-order valence-electron chi connectivity index (χ4n) is 4.99. The van der Waals surface area contributed by atoms with Crippen LogP contribution in [-0.4, -0.2) is 9.13 Å². The van der Waals surface area contributed by atoms with E-state index in [1.807, 2.05) is 34.0 Å². The molecule has 2 nitrogen and oxygen atoms in total. The Morgan fingerprint density at radius 3 is 1.30 bits per heavy atom. The number of rotatable bonds is 2. The molecule has 0 N–H and O–H groups in total. The molecule has 5 aromatic rings. The maximum absolute atomic E-state index is 2.57. The van der Waals surface area contributed by atoms with Crippen LogP contribution in [0.5, 0.6) is 0 Å². The summed E-state index contributed by atoms with van der Waals surface area (Å²) < 4.78 is 5.13. The maximum atomic E-state index is 2.57. The summed E-state index contributed by atoms with van der Waals surface area (Å²) in [6.45, 7) is 2.20. The van der Waals surface area contributed by atoms with Crippen LogP contribution in [0.4, 0.5) is 0 Å². The Labute approximate surface area is 207 Å². The molecule has 6 rings (SSSR count). The fraction of sp³-hybridized carbons (Fsp3) is 0.286. The molecule has 0 aromatic carbocycles. The highest BCUT2D eigenvalue weighted by atomic mass is 32.1. The number of hydrogen-bond acceptors (Lipinski definition) is 3. The lowest BCUT2D eigenvalue weighted by Gasteiger charge is -2.12. The molecule has 0 fully saturated rings. The first-order valence-corrected chi connectivity index (χ1v) is 14.5. The quantitative estimate of drug-likeness (QED) is 0.234. The van der Waals surface area contributed by atoms with Crippen LogP contribution in [0.3, 0.4) is 0 Å². The molecule has 0 spiro atoms. The van der Waals surface area contributed by atoms with Crippen molar-refractivity contribution < 1.29 is 0 Å². The van der Waals surface area contributed by atoms with Crippen molar-refractivity contribution >= 4 is 34.0 Å². The van der Waals surface area contributed by atoms with Crippen molar-refractivity contribution in [3.05, 3.63) is 71.4 Å². The molecule has 6 heterocycles. The van der Waals surface area contributed by atoms with Crippen LogP contribution in [0, 0.1) is 0 Å². The Kier molecular flexibility index (Phi) is 6.10. The van der Waals surface area contributed by atoms with Crippen molar-refractivity contribution in [3.8, 4) is 42.3 Å². The maximum Gasteiger partial charge on any atom is 0.0587 e. The topological polar surface area (TPSA) is 9.86 Å². The third-order valence-corrected chi connectivity index (χ3v) is 9.55. The van der Waals surface area contributed by atoms with Crippen molar-refractivity contribution in [3.63, 3.8) is 0 Å². The molecule has 168 valence electrons. The number of nitrogens with zero attached hydrogens (tertiary/aromatic N) is 2. The predicted octanol–water partition coefficient (Wildman–Crippen LogP) is 9.50. The lowest BCUT2D eigenvalue weighted by atomic mass is 10.1. The van der Waals surface area contributed by atoms with Crippen molar-refractivity contribution in [1.29, 1.82) is 0 Å². The molecule has 33 heavy (non-hydrogen) atoms. The van der Waals surface area contributed by atoms with Gasteiger partial charge >= 0.3 is 0 Å². The van der Waals surface area contributed by atoms with Gasteiger partial charge in [-0.05, 0) is 72.1 Å². The lowest BCUT2D eigenvalue weighted by Crippen LogP contribution is -2.02. The van der Waals surface area contributed by atoms with Gasteiger partial charge in [-0.25, -0.2) is 0 Å². The molecule has 0 amide bonds. The van der Waals surface area contributed by atoms with Gasteiger partial charge in [-0.3, -0.25) is 0 Å². The highest BCUT2D eigenvalue weighted by molar-refractivity contribution is 7.18. The van der Waals surface area contributed by atoms with Gasteiger partial charge in [-0.1, -0.05) is 37.8 Å². The van der Waals surface area contributed by atoms with Crippen LogP contribution in [0.25, 0.3) is 42.3 Å². The van der Waals surface area contributed by atoms with E-state index in [2.05, 4.69) is 80.6 Å². The van der Waals surface area contributed by atoms with E-state index in [1.54, 1.807) is 0 Å². The van der Waals surface area contributed by atoms with E-state index in [4.69, 9.17) is 0 Å². The molecule has 5 heteroatoms. The molecule has 0 aliphatic carbocycles. The van der Waals surface area contributed by atoms with Gasteiger partial charge in [0.1, 0.15) is 0 Å². The minimum Gasteiger partial charge on any atom is -0.339 e. The number of aromatic nitrogens is 2. The van der Waals surface area contributed by atoms with Crippen LogP contribution in [0.15, 0.2) is 71.4 Å². The van der Waals surface area contributed by atoms with Gasteiger partial charge in [-0.2, -0.15) is 0 Å². The molecule has 0 saturated heterocycles. The Balaban J connectivity index is 1.44. The monoisotopic (exact) mass is 488 g/mol. The molecule has 0 saturated carbocycles. The van der Waals surface area contributed by atoms with Gasteiger partial charge in [0.15, 0.2) is 0 Å². The van der Waals surface area contributed by atoms with Crippen LogP contribution in [-0.2, 0) is 13.1 Å². The molecule has 0 unspecified atom stereocenters. The SMILES string of the molecule is c1csc(-c2ccc3n2CCCCCCCCn2c(-c4cccs4)ccc2-c2ccc-3s2)c1. The second-order valence-electron chi connectivity index (χ2n) is 8.75. The Morgan fingerprint density at radius 1 is 0.455 bits per heavy atom. The smallest absolute Gasteiger partial charge is 0.0587 e. The van der Waals surface area contributed by atoms with E-state index in [0.717, 1.165) is 13.1 Å². The molecular formula is C28H28N2S3. The average Bonchev–Trinajstić information content (AvgIpc) is 3.64. The van der Waals surface area contributed by atoms with E-state index in [0.29, 0.717) is 0 Å². The van der Waals surface area contributed by atoms with Gasteiger partial charge in [-0.15, -0.1) is 34.0 Å². The molecule has 1 aliphatic rings. The summed E-state index contributed by atoms with van der Waals surface area (Å²) in [5.41, 5.74) is 5.45. The average molecular weight is 489 g/mol. The van der Waals surface area contributed by atoms with E-state index in [-0.39, 0.29) is 0 Å². The summed E-state index contributed by atoms with van der Waals surface area (Å²) in [6.07, 6.45) is 7.80. The van der Waals surface area contributed by atoms with E-state index >= 15 is 0 Å². The number of thiophene rings is 3. The van der Waals surface area contributed by atoms with E-state index in [9.17, 15) is 0 Å². The highest BCUT2D eigenvalue weighted by Gasteiger charge is 2.18. The third-order valence-electron chi connectivity index (χ3n) is 6.63. The summed E-state index contributed by atoms with van der Waals surface area (Å²) >= 11 is 5.62. The summed E-state index contributed by atoms with van der Waals surface area (Å²) in [6, 6.07) is 22.8. The molecule has 5 aromatic heterocycles. The number of hydrogen-bond donors (Lipinski definition) is 0. The third kappa shape index (κ3) is 4.18. The van der Waals surface area contributed by atoms with Crippen molar-refractivity contribution in [2.75, 3.05) is 0 Å². The van der Waals surface area contributed by atoms with Gasteiger partial charge in [0.2, 0.25) is 0 Å². The molecule has 2 bridgehead atoms. The van der Waals surface area contributed by atoms with Gasteiger partial charge in [0.05, 0.1) is 42.3 Å². The van der Waals surface area contributed by atoms with Gasteiger partial charge in [0, 0.05) is 13.1 Å². The number of fused-ring (bicyclic) bond motifs is 6. The summed E-state index contributed by atoms with van der Waals surface area (Å²) in [4.78, 5) is 5.47. The molecule has 1 aliphatic heterocycles. The first kappa shape index (κ1) is 21.2. The highest BCUT2D eigenvalue weighted by Crippen LogP contribution is 2.40. The zero-order valence-corrected chi connectivity index (χ0v) is 21.2. The predicted molar refractivity (Wildman–Crippen MR) is 145 cm³/mol. The van der Waals surface area contributed by atoms with Gasteiger partial charge in [0.25, 0.3) is 0 Å². The van der Waals surface area contributed by atoms with Crippen molar-refractivity contribution in [2.24, 2.45) is 0 Å². The standard InChI is InChI=1S/C28H28N2S3/c1-2-4-6-18-30-22(26-10-8-20-32-26)12-14-24(30)28-16-15-27(33-28)23-13-11-21(25-9-7-19-31-25)29(23)17-5-3-1/h7-16,19-20H,1-6,17-18H2. The molecule has 0 radical (unpaired) electrons. The second-order valence-corrected chi connectivity index (χ2v) is 11.7.